The van der Waals surface area contributed by atoms with Crippen molar-refractivity contribution in [1.29, 1.82) is 0 Å². The van der Waals surface area contributed by atoms with E-state index >= 15 is 0 Å². The zero-order valence-corrected chi connectivity index (χ0v) is 21.2. The molecule has 3 amide bonds. The van der Waals surface area contributed by atoms with Crippen molar-refractivity contribution in [3.05, 3.63) is 0 Å². The normalized spacial score (nSPS) is 16.4. The highest BCUT2D eigenvalue weighted by molar-refractivity contribution is 5.93. The largest absolute Gasteiger partial charge is 0.480 e. The van der Waals surface area contributed by atoms with Crippen LogP contribution in [0.1, 0.15) is 27.2 Å². The lowest BCUT2D eigenvalue weighted by Gasteiger charge is -2.27. The zero-order chi connectivity index (χ0) is 28.5. The third-order valence-corrected chi connectivity index (χ3v) is 4.76. The molecule has 1 unspecified atom stereocenters. The molecule has 1 saturated heterocycles. The predicted octanol–water partition coefficient (Wildman–Crippen LogP) is 0.0182. The quantitative estimate of drug-likeness (QED) is 0.220. The summed E-state index contributed by atoms with van der Waals surface area (Å²) < 4.78 is 58.8. The lowest BCUT2D eigenvalue weighted by Crippen LogP contribution is -2.57. The number of amides is 3. The number of carboxylic acid groups (broad SMARTS) is 1. The maximum atomic E-state index is 12.5. The molecule has 1 aliphatic heterocycles. The summed E-state index contributed by atoms with van der Waals surface area (Å²) in [5.41, 5.74) is 0. The number of carbonyl (C=O) groups is 4. The summed E-state index contributed by atoms with van der Waals surface area (Å²) >= 11 is 0. The van der Waals surface area contributed by atoms with Crippen LogP contribution in [0.15, 0.2) is 0 Å². The van der Waals surface area contributed by atoms with Crippen molar-refractivity contribution in [2.75, 3.05) is 46.6 Å². The van der Waals surface area contributed by atoms with Crippen molar-refractivity contribution < 1.29 is 56.1 Å². The topological polar surface area (TPSA) is 156 Å². The summed E-state index contributed by atoms with van der Waals surface area (Å²) in [5.74, 6) is -3.48. The van der Waals surface area contributed by atoms with Crippen LogP contribution in [0.5, 0.6) is 0 Å². The zero-order valence-electron chi connectivity index (χ0n) is 21.2. The summed E-state index contributed by atoms with van der Waals surface area (Å²) in [5, 5.41) is 16.2. The highest BCUT2D eigenvalue weighted by atomic mass is 19.3. The Balaban J connectivity index is 0.00000235. The number of ether oxygens (including phenoxy) is 3. The Bertz CT molecular complexity index is 712. The minimum Gasteiger partial charge on any atom is -0.480 e. The Hall–Kier alpha value is -2.56. The molecule has 0 spiro atoms. The Morgan fingerprint density at radius 1 is 0.919 bits per heavy atom. The molecule has 1 aliphatic rings. The van der Waals surface area contributed by atoms with Crippen molar-refractivity contribution in [2.45, 2.75) is 58.5 Å². The van der Waals surface area contributed by atoms with Gasteiger partial charge in [-0.2, -0.15) is 17.6 Å². The van der Waals surface area contributed by atoms with Crippen molar-refractivity contribution in [2.24, 2.45) is 5.92 Å². The standard InChI is InChI=1S/C19H32F2N4O7.C2H4F2O/c1-11(2)8-13(18(29)30)24-16(27)12(3)22-17(28)14(10-32-19(20)21)23-15(26)9-25-4-6-31-7-5-25;1-5-2(3)4/h11-14,19H,4-10H2,1-3H3,(H,22,28)(H,23,26)(H,24,27)(H,29,30);2H,1H3/t12?,13-,14-;/m0./s1. The number of methoxy groups -OCH3 is 1. The second kappa shape index (κ2) is 18.6. The molecule has 0 radical (unpaired) electrons. The number of morpholine rings is 1. The van der Waals surface area contributed by atoms with E-state index in [-0.39, 0.29) is 18.9 Å². The maximum Gasteiger partial charge on any atom is 0.345 e. The third kappa shape index (κ3) is 16.7. The fourth-order valence-corrected chi connectivity index (χ4v) is 2.92. The number of aliphatic carboxylic acids is 1. The SMILES string of the molecule is CC(C)C[C@H](NC(=O)C(C)NC(=O)[C@H](COC(F)F)NC(=O)CN1CCOCC1)C(=O)O.COC(F)F. The van der Waals surface area contributed by atoms with Crippen LogP contribution >= 0.6 is 0 Å². The van der Waals surface area contributed by atoms with Crippen LogP contribution in [-0.2, 0) is 33.4 Å². The van der Waals surface area contributed by atoms with Crippen LogP contribution in [0.4, 0.5) is 17.6 Å². The van der Waals surface area contributed by atoms with E-state index in [0.29, 0.717) is 26.3 Å². The van der Waals surface area contributed by atoms with Crippen molar-refractivity contribution in [3.8, 4) is 0 Å². The number of alkyl halides is 4. The number of rotatable bonds is 14. The molecule has 16 heteroatoms. The van der Waals surface area contributed by atoms with Crippen LogP contribution in [0.3, 0.4) is 0 Å². The molecule has 216 valence electrons. The van der Waals surface area contributed by atoms with Gasteiger partial charge < -0.3 is 35.3 Å². The monoisotopic (exact) mass is 548 g/mol. The summed E-state index contributed by atoms with van der Waals surface area (Å²) in [7, 11) is 0.949. The molecule has 0 aliphatic carbocycles. The maximum absolute atomic E-state index is 12.5. The highest BCUT2D eigenvalue weighted by Gasteiger charge is 2.29. The fourth-order valence-electron chi connectivity index (χ4n) is 2.92. The molecular formula is C21H36F4N4O8. The van der Waals surface area contributed by atoms with E-state index in [2.05, 4.69) is 25.4 Å². The average Bonchev–Trinajstić information content (AvgIpc) is 2.81. The summed E-state index contributed by atoms with van der Waals surface area (Å²) in [6.07, 6.45) is 0.185. The first kappa shape index (κ1) is 34.4. The van der Waals surface area contributed by atoms with Crippen LogP contribution < -0.4 is 16.0 Å². The van der Waals surface area contributed by atoms with E-state index in [9.17, 15) is 41.8 Å². The molecular weight excluding hydrogens is 512 g/mol. The van der Waals surface area contributed by atoms with E-state index in [4.69, 9.17) is 4.74 Å². The van der Waals surface area contributed by atoms with Gasteiger partial charge >= 0.3 is 19.2 Å². The highest BCUT2D eigenvalue weighted by Crippen LogP contribution is 2.06. The Labute approximate surface area is 212 Å². The number of hydrogen-bond donors (Lipinski definition) is 4. The van der Waals surface area contributed by atoms with Gasteiger partial charge in [-0.1, -0.05) is 13.8 Å². The molecule has 37 heavy (non-hydrogen) atoms. The molecule has 0 aromatic carbocycles. The van der Waals surface area contributed by atoms with Crippen LogP contribution in [0, 0.1) is 5.92 Å². The van der Waals surface area contributed by atoms with Crippen molar-refractivity contribution >= 4 is 23.7 Å². The van der Waals surface area contributed by atoms with Gasteiger partial charge in [0.25, 0.3) is 0 Å². The molecule has 3 atom stereocenters. The minimum atomic E-state index is -3.16. The van der Waals surface area contributed by atoms with E-state index < -0.39 is 61.6 Å². The van der Waals surface area contributed by atoms with Crippen molar-refractivity contribution in [3.63, 3.8) is 0 Å². The third-order valence-electron chi connectivity index (χ3n) is 4.76. The van der Waals surface area contributed by atoms with Gasteiger partial charge in [0, 0.05) is 20.2 Å². The second-order valence-corrected chi connectivity index (χ2v) is 8.36. The average molecular weight is 549 g/mol. The minimum absolute atomic E-state index is 0.00106. The van der Waals surface area contributed by atoms with Gasteiger partial charge in [0.1, 0.15) is 18.1 Å². The Morgan fingerprint density at radius 2 is 1.49 bits per heavy atom. The Kier molecular flexibility index (Phi) is 17.4. The van der Waals surface area contributed by atoms with Crippen LogP contribution in [-0.4, -0.2) is 112 Å². The lowest BCUT2D eigenvalue weighted by molar-refractivity contribution is -0.148. The van der Waals surface area contributed by atoms with Gasteiger partial charge in [-0.25, -0.2) is 4.79 Å². The van der Waals surface area contributed by atoms with E-state index in [1.807, 2.05) is 0 Å². The second-order valence-electron chi connectivity index (χ2n) is 8.36. The molecule has 0 aromatic heterocycles. The van der Waals surface area contributed by atoms with Gasteiger partial charge in [-0.3, -0.25) is 19.3 Å². The molecule has 1 rings (SSSR count). The Morgan fingerprint density at radius 3 is 1.95 bits per heavy atom. The van der Waals surface area contributed by atoms with Crippen LogP contribution in [0.25, 0.3) is 0 Å². The van der Waals surface area contributed by atoms with E-state index in [0.717, 1.165) is 7.11 Å². The number of carboxylic acids is 1. The van der Waals surface area contributed by atoms with Gasteiger partial charge in [0.05, 0.1) is 26.4 Å². The number of hydrogen-bond acceptors (Lipinski definition) is 8. The molecule has 0 saturated carbocycles. The summed E-state index contributed by atoms with van der Waals surface area (Å²) in [4.78, 5) is 50.2. The molecule has 0 bridgehead atoms. The van der Waals surface area contributed by atoms with Gasteiger partial charge in [0.2, 0.25) is 17.7 Å². The molecule has 12 nitrogen and oxygen atoms in total. The van der Waals surface area contributed by atoms with Gasteiger partial charge in [0.15, 0.2) is 0 Å². The molecule has 1 fully saturated rings. The molecule has 1 heterocycles. The first-order valence-corrected chi connectivity index (χ1v) is 11.4. The lowest BCUT2D eigenvalue weighted by atomic mass is 10.0. The number of nitrogens with one attached hydrogen (secondary N) is 3. The fraction of sp³-hybridized carbons (Fsp3) is 0.810. The van der Waals surface area contributed by atoms with Gasteiger partial charge in [-0.05, 0) is 19.3 Å². The number of halogens is 4. The van der Waals surface area contributed by atoms with E-state index in [1.54, 1.807) is 18.7 Å². The predicted molar refractivity (Wildman–Crippen MR) is 121 cm³/mol. The first-order valence-electron chi connectivity index (χ1n) is 11.4. The number of nitrogens with zero attached hydrogens (tertiary/aromatic N) is 1. The summed E-state index contributed by atoms with van der Waals surface area (Å²) in [6.45, 7) is 0.170. The number of carbonyl (C=O) groups excluding carboxylic acids is 3. The smallest absolute Gasteiger partial charge is 0.345 e. The molecule has 4 N–H and O–H groups in total. The first-order chi connectivity index (χ1) is 17.3. The van der Waals surface area contributed by atoms with Crippen LogP contribution in [0.2, 0.25) is 0 Å². The van der Waals surface area contributed by atoms with E-state index in [1.165, 1.54) is 6.92 Å². The summed E-state index contributed by atoms with van der Waals surface area (Å²) in [6, 6.07) is -3.80. The van der Waals surface area contributed by atoms with Gasteiger partial charge in [-0.15, -0.1) is 0 Å². The molecule has 0 aromatic rings. The van der Waals surface area contributed by atoms with Crippen molar-refractivity contribution in [1.82, 2.24) is 20.9 Å².